The van der Waals surface area contributed by atoms with Crippen LogP contribution in [0.15, 0.2) is 85.1 Å². The maximum Gasteiger partial charge on any atom is 0.306 e. The lowest BCUT2D eigenvalue weighted by atomic mass is 10.0. The van der Waals surface area contributed by atoms with Crippen molar-refractivity contribution in [2.24, 2.45) is 0 Å². The molecule has 6 heteroatoms. The highest BCUT2D eigenvalue weighted by Crippen LogP contribution is 2.17. The van der Waals surface area contributed by atoms with Crippen molar-refractivity contribution < 1.29 is 28.6 Å². The SMILES string of the molecule is CC/C=C\C/C=C\C/C=C\C/C=C\C/C=C\C/C=C\CCCCC(=O)OC(COC(=O)CCCCCCCCCCC)COC(=O)CCCCCCCCCCCCCCCCCCCCC/C=C\CCCCCCCCCC. The van der Waals surface area contributed by atoms with Crippen LogP contribution in [0.1, 0.15) is 342 Å². The Hall–Kier alpha value is -3.41. The Morgan fingerprint density at radius 2 is 0.494 bits per heavy atom. The number of hydrogen-bond donors (Lipinski definition) is 0. The zero-order chi connectivity index (χ0) is 57.1. The summed E-state index contributed by atoms with van der Waals surface area (Å²) in [6.45, 7) is 6.51. The van der Waals surface area contributed by atoms with Crippen LogP contribution >= 0.6 is 0 Å². The molecule has 456 valence electrons. The molecule has 0 saturated heterocycles. The van der Waals surface area contributed by atoms with Gasteiger partial charge in [0, 0.05) is 19.3 Å². The molecule has 79 heavy (non-hydrogen) atoms. The number of hydrogen-bond acceptors (Lipinski definition) is 6. The van der Waals surface area contributed by atoms with Crippen molar-refractivity contribution in [1.82, 2.24) is 0 Å². The second-order valence-corrected chi connectivity index (χ2v) is 22.7. The lowest BCUT2D eigenvalue weighted by molar-refractivity contribution is -0.167. The largest absolute Gasteiger partial charge is 0.462 e. The number of rotatable bonds is 62. The van der Waals surface area contributed by atoms with E-state index in [2.05, 4.69) is 106 Å². The molecular formula is C73H128O6. The van der Waals surface area contributed by atoms with E-state index < -0.39 is 6.10 Å². The first kappa shape index (κ1) is 75.6. The molecule has 0 radical (unpaired) electrons. The summed E-state index contributed by atoms with van der Waals surface area (Å²) in [5, 5.41) is 0. The lowest BCUT2D eigenvalue weighted by Gasteiger charge is -2.18. The summed E-state index contributed by atoms with van der Waals surface area (Å²) in [6.07, 6.45) is 89.2. The molecule has 0 aromatic rings. The topological polar surface area (TPSA) is 78.9 Å². The molecule has 0 aliphatic carbocycles. The molecule has 1 atom stereocenters. The summed E-state index contributed by atoms with van der Waals surface area (Å²) >= 11 is 0. The highest BCUT2D eigenvalue weighted by molar-refractivity contribution is 5.71. The summed E-state index contributed by atoms with van der Waals surface area (Å²) in [5.41, 5.74) is 0. The van der Waals surface area contributed by atoms with Gasteiger partial charge in [-0.05, 0) is 96.3 Å². The van der Waals surface area contributed by atoms with E-state index in [1.54, 1.807) is 0 Å². The van der Waals surface area contributed by atoms with Crippen molar-refractivity contribution >= 4 is 17.9 Å². The lowest BCUT2D eigenvalue weighted by Crippen LogP contribution is -2.30. The van der Waals surface area contributed by atoms with Crippen molar-refractivity contribution in [3.05, 3.63) is 85.1 Å². The highest BCUT2D eigenvalue weighted by Gasteiger charge is 2.19. The normalized spacial score (nSPS) is 12.6. The van der Waals surface area contributed by atoms with Gasteiger partial charge < -0.3 is 14.2 Å². The molecule has 0 spiro atoms. The third-order valence-corrected chi connectivity index (χ3v) is 14.9. The highest BCUT2D eigenvalue weighted by atomic mass is 16.6. The zero-order valence-electron chi connectivity index (χ0n) is 52.4. The molecule has 0 aromatic carbocycles. The molecule has 0 heterocycles. The van der Waals surface area contributed by atoms with Crippen LogP contribution in [-0.2, 0) is 28.6 Å². The maximum atomic E-state index is 12.9. The average molecular weight is 1100 g/mol. The Balaban J connectivity index is 4.16. The van der Waals surface area contributed by atoms with Gasteiger partial charge in [0.15, 0.2) is 6.10 Å². The average Bonchev–Trinajstić information content (AvgIpc) is 3.45. The predicted molar refractivity (Wildman–Crippen MR) is 344 cm³/mol. The minimum atomic E-state index is -0.798. The Morgan fingerprint density at radius 3 is 0.810 bits per heavy atom. The first-order valence-electron chi connectivity index (χ1n) is 34.1. The van der Waals surface area contributed by atoms with Crippen molar-refractivity contribution in [3.63, 3.8) is 0 Å². The van der Waals surface area contributed by atoms with Gasteiger partial charge in [0.25, 0.3) is 0 Å². The quantitative estimate of drug-likeness (QED) is 0.0261. The van der Waals surface area contributed by atoms with Crippen molar-refractivity contribution in [1.29, 1.82) is 0 Å². The van der Waals surface area contributed by atoms with Crippen LogP contribution in [0.25, 0.3) is 0 Å². The van der Waals surface area contributed by atoms with E-state index in [4.69, 9.17) is 14.2 Å². The third-order valence-electron chi connectivity index (χ3n) is 14.9. The Kier molecular flexibility index (Phi) is 64.2. The van der Waals surface area contributed by atoms with E-state index in [9.17, 15) is 14.4 Å². The number of allylic oxidation sites excluding steroid dienone is 14. The summed E-state index contributed by atoms with van der Waals surface area (Å²) in [4.78, 5) is 38.2. The van der Waals surface area contributed by atoms with Gasteiger partial charge in [-0.25, -0.2) is 0 Å². The molecule has 0 bridgehead atoms. The second kappa shape index (κ2) is 67.1. The van der Waals surface area contributed by atoms with Crippen molar-refractivity contribution in [3.8, 4) is 0 Å². The van der Waals surface area contributed by atoms with Gasteiger partial charge in [0.1, 0.15) is 13.2 Å². The first-order valence-corrected chi connectivity index (χ1v) is 34.1. The molecule has 0 aliphatic rings. The molecule has 6 nitrogen and oxygen atoms in total. The maximum absolute atomic E-state index is 12.9. The number of esters is 3. The minimum Gasteiger partial charge on any atom is -0.462 e. The molecule has 0 N–H and O–H groups in total. The summed E-state index contributed by atoms with van der Waals surface area (Å²) < 4.78 is 16.9. The van der Waals surface area contributed by atoms with Crippen LogP contribution in [0.5, 0.6) is 0 Å². The number of carbonyl (C=O) groups is 3. The molecular weight excluding hydrogens is 973 g/mol. The molecule has 0 amide bonds. The fourth-order valence-corrected chi connectivity index (χ4v) is 9.80. The predicted octanol–water partition coefficient (Wildman–Crippen LogP) is 23.4. The summed E-state index contributed by atoms with van der Waals surface area (Å²) in [5.74, 6) is -0.924. The van der Waals surface area contributed by atoms with Crippen LogP contribution in [0.4, 0.5) is 0 Å². The van der Waals surface area contributed by atoms with Crippen LogP contribution in [-0.4, -0.2) is 37.2 Å². The van der Waals surface area contributed by atoms with E-state index in [1.165, 1.54) is 205 Å². The monoisotopic (exact) mass is 1100 g/mol. The minimum absolute atomic E-state index is 0.0908. The molecule has 0 saturated carbocycles. The fourth-order valence-electron chi connectivity index (χ4n) is 9.80. The van der Waals surface area contributed by atoms with Gasteiger partial charge >= 0.3 is 17.9 Å². The van der Waals surface area contributed by atoms with Crippen LogP contribution < -0.4 is 0 Å². The Bertz CT molecular complexity index is 1500. The van der Waals surface area contributed by atoms with Crippen molar-refractivity contribution in [2.75, 3.05) is 13.2 Å². The van der Waals surface area contributed by atoms with Crippen LogP contribution in [0.2, 0.25) is 0 Å². The van der Waals surface area contributed by atoms with E-state index in [0.29, 0.717) is 19.3 Å². The summed E-state index contributed by atoms with van der Waals surface area (Å²) in [7, 11) is 0. The third kappa shape index (κ3) is 65.3. The van der Waals surface area contributed by atoms with Gasteiger partial charge in [0.05, 0.1) is 0 Å². The Labute approximate surface area is 490 Å². The molecule has 0 aliphatic heterocycles. The number of carbonyl (C=O) groups excluding carboxylic acids is 3. The summed E-state index contributed by atoms with van der Waals surface area (Å²) in [6, 6.07) is 0. The molecule has 0 rings (SSSR count). The fraction of sp³-hybridized carbons (Fsp3) is 0.767. The van der Waals surface area contributed by atoms with E-state index in [1.807, 2.05) is 0 Å². The van der Waals surface area contributed by atoms with Crippen LogP contribution in [0.3, 0.4) is 0 Å². The zero-order valence-corrected chi connectivity index (χ0v) is 52.4. The van der Waals surface area contributed by atoms with E-state index in [0.717, 1.165) is 89.9 Å². The van der Waals surface area contributed by atoms with Gasteiger partial charge in [-0.3, -0.25) is 14.4 Å². The van der Waals surface area contributed by atoms with Gasteiger partial charge in [-0.1, -0.05) is 311 Å². The van der Waals surface area contributed by atoms with Gasteiger partial charge in [-0.2, -0.15) is 0 Å². The van der Waals surface area contributed by atoms with E-state index >= 15 is 0 Å². The van der Waals surface area contributed by atoms with Crippen molar-refractivity contribution in [2.45, 2.75) is 348 Å². The van der Waals surface area contributed by atoms with E-state index in [-0.39, 0.29) is 37.5 Å². The Morgan fingerprint density at radius 1 is 0.266 bits per heavy atom. The molecule has 0 fully saturated rings. The second-order valence-electron chi connectivity index (χ2n) is 22.7. The van der Waals surface area contributed by atoms with Gasteiger partial charge in [-0.15, -0.1) is 0 Å². The molecule has 0 aromatic heterocycles. The van der Waals surface area contributed by atoms with Crippen LogP contribution in [0, 0.1) is 0 Å². The molecule has 1 unspecified atom stereocenters. The van der Waals surface area contributed by atoms with Gasteiger partial charge in [0.2, 0.25) is 0 Å². The standard InChI is InChI=1S/C73H128O6/c1-4-7-10-13-16-19-21-23-25-27-29-31-32-33-34-35-36-37-38-39-40-42-43-45-47-49-51-54-57-60-63-66-72(75)78-69-70(68-77-71(74)65-62-59-56-53-18-15-12-9-6-3)79-73(76)67-64-61-58-55-52-50-48-46-44-41-30-28-26-24-22-20-17-14-11-8-5-2/h8,11,17,20,24,26-27,29-30,41,46,48,52,55,70H,4-7,9-10,12-16,18-19,21-23,25,28,31-40,42-45,47,49-51,53-54,56-69H2,1-3H3/b11-8-,20-17-,26-24-,29-27-,41-30-,48-46-,55-52-. The first-order chi connectivity index (χ1) is 39.0. The smallest absolute Gasteiger partial charge is 0.306 e. The number of ether oxygens (including phenoxy) is 3. The number of unbranched alkanes of at least 4 members (excludes halogenated alkanes) is 37.